The molecule has 0 spiro atoms. The number of fused-ring (bicyclic) bond motifs is 1. The summed E-state index contributed by atoms with van der Waals surface area (Å²) in [6.45, 7) is 5.68. The Morgan fingerprint density at radius 2 is 1.53 bits per heavy atom. The number of aromatic carboxylic acids is 1. The molecule has 1 aliphatic rings. The zero-order chi connectivity index (χ0) is 32.3. The highest BCUT2D eigenvalue weighted by Gasteiger charge is 2.31. The molecular formula is C35H32ClN3O6. The lowest BCUT2D eigenvalue weighted by Crippen LogP contribution is -2.40. The first-order valence-electron chi connectivity index (χ1n) is 14.3. The Hall–Kier alpha value is -5.15. The number of carbonyl (C=O) groups is 4. The van der Waals surface area contributed by atoms with Crippen molar-refractivity contribution in [3.63, 3.8) is 0 Å². The third-order valence-electron chi connectivity index (χ3n) is 7.18. The van der Waals surface area contributed by atoms with E-state index in [1.165, 1.54) is 28.0 Å². The second-order valence-electron chi connectivity index (χ2n) is 11.6. The van der Waals surface area contributed by atoms with E-state index in [0.29, 0.717) is 21.8 Å². The molecule has 0 unspecified atom stereocenters. The Morgan fingerprint density at radius 3 is 2.24 bits per heavy atom. The summed E-state index contributed by atoms with van der Waals surface area (Å²) in [5, 5.41) is 13.3. The van der Waals surface area contributed by atoms with E-state index in [4.69, 9.17) is 16.3 Å². The first-order valence-corrected chi connectivity index (χ1v) is 14.7. The quantitative estimate of drug-likeness (QED) is 0.239. The maximum Gasteiger partial charge on any atom is 0.410 e. The molecule has 10 heteroatoms. The summed E-state index contributed by atoms with van der Waals surface area (Å²) in [5.41, 5.74) is 2.26. The summed E-state index contributed by atoms with van der Waals surface area (Å²) in [4.78, 5) is 55.6. The molecule has 45 heavy (non-hydrogen) atoms. The van der Waals surface area contributed by atoms with E-state index in [0.717, 1.165) is 11.1 Å². The third kappa shape index (κ3) is 7.16. The van der Waals surface area contributed by atoms with Gasteiger partial charge in [0.05, 0.1) is 17.7 Å². The van der Waals surface area contributed by atoms with E-state index >= 15 is 0 Å². The number of halogens is 1. The molecule has 0 aliphatic carbocycles. The second-order valence-corrected chi connectivity index (χ2v) is 12.0. The minimum absolute atomic E-state index is 0.0724. The lowest BCUT2D eigenvalue weighted by atomic mass is 9.99. The highest BCUT2D eigenvalue weighted by Crippen LogP contribution is 2.31. The number of ether oxygens (including phenoxy) is 1. The summed E-state index contributed by atoms with van der Waals surface area (Å²) < 4.78 is 5.56. The van der Waals surface area contributed by atoms with Crippen LogP contribution in [-0.4, -0.2) is 52.6 Å². The van der Waals surface area contributed by atoms with Gasteiger partial charge in [-0.25, -0.2) is 9.59 Å². The summed E-state index contributed by atoms with van der Waals surface area (Å²) >= 11 is 6.27. The van der Waals surface area contributed by atoms with Gasteiger partial charge in [0, 0.05) is 35.1 Å². The molecule has 0 saturated carbocycles. The monoisotopic (exact) mass is 625 g/mol. The lowest BCUT2D eigenvalue weighted by molar-refractivity contribution is 0.0242. The summed E-state index contributed by atoms with van der Waals surface area (Å²) in [7, 11) is 0. The van der Waals surface area contributed by atoms with Gasteiger partial charge in [0.25, 0.3) is 11.8 Å². The van der Waals surface area contributed by atoms with Crippen molar-refractivity contribution in [2.75, 3.05) is 23.3 Å². The molecule has 1 heterocycles. The molecule has 0 fully saturated rings. The van der Waals surface area contributed by atoms with Gasteiger partial charge in [-0.3, -0.25) is 9.59 Å². The minimum Gasteiger partial charge on any atom is -0.478 e. The molecule has 9 nitrogen and oxygen atoms in total. The molecule has 4 aromatic rings. The smallest absolute Gasteiger partial charge is 0.410 e. The number of nitrogens with zero attached hydrogens (tertiary/aromatic N) is 2. The van der Waals surface area contributed by atoms with E-state index in [-0.39, 0.29) is 36.4 Å². The van der Waals surface area contributed by atoms with Gasteiger partial charge in [0.2, 0.25) is 0 Å². The van der Waals surface area contributed by atoms with E-state index < -0.39 is 29.5 Å². The van der Waals surface area contributed by atoms with Crippen molar-refractivity contribution >= 4 is 46.9 Å². The Kier molecular flexibility index (Phi) is 8.92. The van der Waals surface area contributed by atoms with Gasteiger partial charge >= 0.3 is 12.1 Å². The van der Waals surface area contributed by atoms with Crippen LogP contribution in [0.4, 0.5) is 16.2 Å². The molecule has 5 rings (SSSR count). The van der Waals surface area contributed by atoms with Crippen LogP contribution in [0.5, 0.6) is 0 Å². The van der Waals surface area contributed by atoms with Crippen LogP contribution in [0.2, 0.25) is 5.02 Å². The van der Waals surface area contributed by atoms with Gasteiger partial charge in [0.1, 0.15) is 5.60 Å². The number of benzene rings is 4. The third-order valence-corrected chi connectivity index (χ3v) is 7.41. The molecule has 3 amide bonds. The van der Waals surface area contributed by atoms with Crippen LogP contribution in [0.3, 0.4) is 0 Å². The van der Waals surface area contributed by atoms with Gasteiger partial charge < -0.3 is 25.0 Å². The molecular weight excluding hydrogens is 594 g/mol. The average Bonchev–Trinajstić information content (AvgIpc) is 3.20. The summed E-state index contributed by atoms with van der Waals surface area (Å²) in [5.74, 6) is -2.33. The number of hydrogen-bond acceptors (Lipinski definition) is 5. The molecule has 0 atom stereocenters. The Bertz CT molecular complexity index is 1780. The topological polar surface area (TPSA) is 116 Å². The number of rotatable bonds is 5. The number of nitrogens with one attached hydrogen (secondary N) is 1. The fourth-order valence-corrected chi connectivity index (χ4v) is 5.34. The summed E-state index contributed by atoms with van der Waals surface area (Å²) in [6.07, 6.45) is -0.539. The fraction of sp³-hybridized carbons (Fsp3) is 0.200. The predicted molar refractivity (Wildman–Crippen MR) is 173 cm³/mol. The van der Waals surface area contributed by atoms with Crippen molar-refractivity contribution in [3.05, 3.63) is 118 Å². The highest BCUT2D eigenvalue weighted by atomic mass is 35.5. The molecule has 1 aliphatic heterocycles. The zero-order valence-electron chi connectivity index (χ0n) is 25.0. The normalized spacial score (nSPS) is 13.0. The van der Waals surface area contributed by atoms with Crippen LogP contribution in [0.1, 0.15) is 57.4 Å². The van der Waals surface area contributed by atoms with Crippen LogP contribution in [0.25, 0.3) is 11.1 Å². The van der Waals surface area contributed by atoms with Gasteiger partial charge in [-0.2, -0.15) is 0 Å². The fourth-order valence-electron chi connectivity index (χ4n) is 5.14. The Balaban J connectivity index is 1.44. The minimum atomic E-state index is -1.33. The van der Waals surface area contributed by atoms with E-state index in [9.17, 15) is 24.3 Å². The number of carbonyl (C=O) groups excluding carboxylic acids is 3. The van der Waals surface area contributed by atoms with Crippen LogP contribution in [-0.2, 0) is 11.3 Å². The average molecular weight is 626 g/mol. The maximum absolute atomic E-state index is 14.0. The van der Waals surface area contributed by atoms with Crippen LogP contribution >= 0.6 is 11.6 Å². The van der Waals surface area contributed by atoms with Crippen molar-refractivity contribution in [3.8, 4) is 11.1 Å². The van der Waals surface area contributed by atoms with Crippen molar-refractivity contribution in [2.24, 2.45) is 0 Å². The summed E-state index contributed by atoms with van der Waals surface area (Å²) in [6, 6.07) is 25.7. The largest absolute Gasteiger partial charge is 0.478 e. The molecule has 0 saturated heterocycles. The van der Waals surface area contributed by atoms with Crippen LogP contribution < -0.4 is 10.2 Å². The van der Waals surface area contributed by atoms with E-state index in [2.05, 4.69) is 5.32 Å². The molecule has 2 N–H and O–H groups in total. The van der Waals surface area contributed by atoms with Gasteiger partial charge in [0.15, 0.2) is 0 Å². The van der Waals surface area contributed by atoms with Crippen LogP contribution in [0.15, 0.2) is 91.0 Å². The molecule has 0 radical (unpaired) electrons. The first kappa shape index (κ1) is 31.3. The van der Waals surface area contributed by atoms with Gasteiger partial charge in [-0.05, 0) is 79.9 Å². The number of carboxylic acid groups (broad SMARTS) is 1. The number of hydrogen-bond donors (Lipinski definition) is 2. The molecule has 0 aromatic heterocycles. The van der Waals surface area contributed by atoms with Gasteiger partial charge in [-0.15, -0.1) is 0 Å². The van der Waals surface area contributed by atoms with Crippen molar-refractivity contribution in [2.45, 2.75) is 32.9 Å². The number of amides is 3. The van der Waals surface area contributed by atoms with E-state index in [1.807, 2.05) is 42.5 Å². The van der Waals surface area contributed by atoms with Gasteiger partial charge in [-0.1, -0.05) is 60.1 Å². The second kappa shape index (κ2) is 12.8. The number of carboxylic acids is 1. The highest BCUT2D eigenvalue weighted by molar-refractivity contribution is 6.30. The lowest BCUT2D eigenvalue weighted by Gasteiger charge is -2.26. The van der Waals surface area contributed by atoms with E-state index in [1.54, 1.807) is 51.1 Å². The SMILES string of the molecule is CC(C)(C)OC(=O)N1CCN(C(=O)c2ccc(NC(=O)c3ccccc3-c3ccccc3)cc2C(=O)O)c2ccc(Cl)cc2C1. The standard InChI is InChI=1S/C35H32ClN3O6/c1-35(2,3)45-34(44)38-17-18-39(30-16-13-24(36)19-23(30)21-38)32(41)28-15-14-25(20-29(28)33(42)43)37-31(40)27-12-8-7-11-26(27)22-9-5-4-6-10-22/h4-16,19-20H,17-18,21H2,1-3H3,(H,37,40)(H,42,43). The zero-order valence-corrected chi connectivity index (χ0v) is 25.8. The molecule has 0 bridgehead atoms. The predicted octanol–water partition coefficient (Wildman–Crippen LogP) is 7.36. The molecule has 230 valence electrons. The first-order chi connectivity index (χ1) is 21.4. The maximum atomic E-state index is 14.0. The Morgan fingerprint density at radius 1 is 0.822 bits per heavy atom. The van der Waals surface area contributed by atoms with Crippen molar-refractivity contribution in [1.29, 1.82) is 0 Å². The Labute approximate surface area is 266 Å². The van der Waals surface area contributed by atoms with Crippen LogP contribution in [0, 0.1) is 0 Å². The van der Waals surface area contributed by atoms with Crippen molar-refractivity contribution in [1.82, 2.24) is 4.90 Å². The molecule has 4 aromatic carbocycles. The number of anilines is 2. The van der Waals surface area contributed by atoms with Crippen molar-refractivity contribution < 1.29 is 29.0 Å².